The Kier molecular flexibility index (Phi) is 3.58. The van der Waals surface area contributed by atoms with Crippen LogP contribution < -0.4 is 0 Å². The normalized spacial score (nSPS) is 26.0. The molecule has 1 aromatic heterocycles. The van der Waals surface area contributed by atoms with Crippen LogP contribution >= 0.6 is 0 Å². The number of aromatic nitrogens is 1. The molecular weight excluding hydrogens is 260 g/mol. The second-order valence-corrected chi connectivity index (χ2v) is 7.10. The van der Waals surface area contributed by atoms with E-state index in [4.69, 9.17) is 4.74 Å². The van der Waals surface area contributed by atoms with Gasteiger partial charge in [-0.3, -0.25) is 4.90 Å². The highest BCUT2D eigenvalue weighted by molar-refractivity contribution is 5.83. The Morgan fingerprint density at radius 1 is 1.29 bits per heavy atom. The number of hydrogen-bond donors (Lipinski definition) is 1. The van der Waals surface area contributed by atoms with Crippen molar-refractivity contribution < 1.29 is 4.74 Å². The molecule has 3 rings (SSSR count). The summed E-state index contributed by atoms with van der Waals surface area (Å²) in [6.07, 6.45) is 3.36. The largest absolute Gasteiger partial charge is 0.361 e. The van der Waals surface area contributed by atoms with Gasteiger partial charge in [0.15, 0.2) is 0 Å². The Morgan fingerprint density at radius 3 is 2.67 bits per heavy atom. The van der Waals surface area contributed by atoms with Gasteiger partial charge >= 0.3 is 0 Å². The van der Waals surface area contributed by atoms with Crippen LogP contribution in [0.1, 0.15) is 33.3 Å². The Morgan fingerprint density at radius 2 is 2.00 bits per heavy atom. The van der Waals surface area contributed by atoms with Crippen molar-refractivity contribution >= 4 is 10.9 Å². The van der Waals surface area contributed by atoms with Gasteiger partial charge in [0, 0.05) is 23.1 Å². The molecule has 0 saturated carbocycles. The van der Waals surface area contributed by atoms with Gasteiger partial charge in [0.25, 0.3) is 0 Å². The summed E-state index contributed by atoms with van der Waals surface area (Å²) >= 11 is 0. The summed E-state index contributed by atoms with van der Waals surface area (Å²) in [6, 6.07) is 8.91. The molecule has 0 spiro atoms. The van der Waals surface area contributed by atoms with Crippen LogP contribution in [0.15, 0.2) is 30.5 Å². The molecule has 1 fully saturated rings. The molecule has 1 N–H and O–H groups in total. The first-order chi connectivity index (χ1) is 9.90. The number of nitrogens with zero attached hydrogens (tertiary/aromatic N) is 1. The van der Waals surface area contributed by atoms with Gasteiger partial charge in [-0.2, -0.15) is 0 Å². The van der Waals surface area contributed by atoms with Crippen LogP contribution in [0.25, 0.3) is 10.9 Å². The lowest BCUT2D eigenvalue weighted by molar-refractivity contribution is -0.0593. The second kappa shape index (κ2) is 5.15. The topological polar surface area (TPSA) is 28.3 Å². The summed E-state index contributed by atoms with van der Waals surface area (Å²) in [5.74, 6) is 0.502. The van der Waals surface area contributed by atoms with Crippen molar-refractivity contribution in [3.63, 3.8) is 0 Å². The zero-order chi connectivity index (χ0) is 15.2. The first-order valence-corrected chi connectivity index (χ1v) is 7.85. The fourth-order valence-electron chi connectivity index (χ4n) is 3.65. The Bertz CT molecular complexity index is 629. The molecule has 114 valence electrons. The predicted molar refractivity (Wildman–Crippen MR) is 87.3 cm³/mol. The number of benzene rings is 1. The first kappa shape index (κ1) is 14.6. The lowest BCUT2D eigenvalue weighted by atomic mass is 9.92. The van der Waals surface area contributed by atoms with Crippen molar-refractivity contribution in [1.82, 2.24) is 9.88 Å². The molecule has 21 heavy (non-hydrogen) atoms. The monoisotopic (exact) mass is 286 g/mol. The predicted octanol–water partition coefficient (Wildman–Crippen LogP) is 3.80. The number of aromatic amines is 1. The molecule has 1 saturated heterocycles. The molecule has 0 amide bonds. The summed E-state index contributed by atoms with van der Waals surface area (Å²) < 4.78 is 6.31. The van der Waals surface area contributed by atoms with E-state index in [0.29, 0.717) is 12.0 Å². The molecular formula is C18H26N2O. The molecule has 0 aliphatic carbocycles. The molecule has 1 aromatic carbocycles. The minimum absolute atomic E-state index is 0.123. The lowest BCUT2D eigenvalue weighted by Crippen LogP contribution is -2.42. The molecule has 0 unspecified atom stereocenters. The summed E-state index contributed by atoms with van der Waals surface area (Å²) in [5.41, 5.74) is 2.47. The number of fused-ring (bicyclic) bond motifs is 1. The number of hydrogen-bond acceptors (Lipinski definition) is 2. The van der Waals surface area contributed by atoms with E-state index < -0.39 is 0 Å². The summed E-state index contributed by atoms with van der Waals surface area (Å²) in [4.78, 5) is 5.79. The number of likely N-dealkylation sites (N-methyl/N-ethyl adjacent to an activating group) is 1. The average Bonchev–Trinajstić information content (AvgIpc) is 2.93. The quantitative estimate of drug-likeness (QED) is 0.929. The van der Waals surface area contributed by atoms with Crippen LogP contribution in [0, 0.1) is 5.92 Å². The highest BCUT2D eigenvalue weighted by Gasteiger charge is 2.46. The smallest absolute Gasteiger partial charge is 0.113 e. The van der Waals surface area contributed by atoms with Gasteiger partial charge in [-0.15, -0.1) is 0 Å². The van der Waals surface area contributed by atoms with Gasteiger partial charge in [0.1, 0.15) is 6.23 Å². The minimum atomic E-state index is -0.123. The molecule has 2 atom stereocenters. The van der Waals surface area contributed by atoms with Crippen LogP contribution in [-0.4, -0.2) is 34.8 Å². The molecule has 1 aliphatic heterocycles. The Balaban J connectivity index is 1.90. The summed E-state index contributed by atoms with van der Waals surface area (Å²) in [6.45, 7) is 8.88. The maximum Gasteiger partial charge on any atom is 0.113 e. The van der Waals surface area contributed by atoms with Gasteiger partial charge in [-0.25, -0.2) is 0 Å². The molecule has 3 heteroatoms. The molecule has 2 aromatic rings. The Hall–Kier alpha value is -1.32. The van der Waals surface area contributed by atoms with Crippen molar-refractivity contribution in [3.05, 3.63) is 36.0 Å². The number of H-pyrrole nitrogens is 1. The SMILES string of the molecule is CC(C)[C@@H]1OC(C)(C)[C@H](Cc2c[nH]c3ccccc23)N1C. The van der Waals surface area contributed by atoms with Crippen molar-refractivity contribution in [1.29, 1.82) is 0 Å². The van der Waals surface area contributed by atoms with Gasteiger partial charge < -0.3 is 9.72 Å². The van der Waals surface area contributed by atoms with Crippen molar-refractivity contribution in [2.24, 2.45) is 5.92 Å². The number of nitrogens with one attached hydrogen (secondary N) is 1. The van der Waals surface area contributed by atoms with Crippen LogP contribution in [0.3, 0.4) is 0 Å². The van der Waals surface area contributed by atoms with Crippen molar-refractivity contribution in [2.75, 3.05) is 7.05 Å². The maximum absolute atomic E-state index is 6.31. The molecule has 0 bridgehead atoms. The maximum atomic E-state index is 6.31. The summed E-state index contributed by atoms with van der Waals surface area (Å²) in [7, 11) is 2.19. The van der Waals surface area contributed by atoms with Gasteiger partial charge in [-0.1, -0.05) is 32.0 Å². The summed E-state index contributed by atoms with van der Waals surface area (Å²) in [5, 5.41) is 1.33. The van der Waals surface area contributed by atoms with E-state index in [0.717, 1.165) is 6.42 Å². The molecule has 1 aliphatic rings. The van der Waals surface area contributed by atoms with Crippen molar-refractivity contribution in [2.45, 2.75) is 52.0 Å². The fourth-order valence-corrected chi connectivity index (χ4v) is 3.65. The third-order valence-corrected chi connectivity index (χ3v) is 4.78. The third kappa shape index (κ3) is 2.49. The lowest BCUT2D eigenvalue weighted by Gasteiger charge is -2.28. The van der Waals surface area contributed by atoms with Crippen molar-refractivity contribution in [3.8, 4) is 0 Å². The van der Waals surface area contributed by atoms with E-state index in [1.807, 2.05) is 0 Å². The van der Waals surface area contributed by atoms with Crippen LogP contribution in [0.5, 0.6) is 0 Å². The molecule has 3 nitrogen and oxygen atoms in total. The zero-order valence-corrected chi connectivity index (χ0v) is 13.7. The van der Waals surface area contributed by atoms with E-state index in [1.165, 1.54) is 16.5 Å². The fraction of sp³-hybridized carbons (Fsp3) is 0.556. The minimum Gasteiger partial charge on any atom is -0.361 e. The second-order valence-electron chi connectivity index (χ2n) is 7.10. The first-order valence-electron chi connectivity index (χ1n) is 7.85. The third-order valence-electron chi connectivity index (χ3n) is 4.78. The zero-order valence-electron chi connectivity index (χ0n) is 13.7. The average molecular weight is 286 g/mol. The van der Waals surface area contributed by atoms with E-state index in [2.05, 4.69) is 75.1 Å². The molecule has 2 heterocycles. The number of ether oxygens (including phenoxy) is 1. The number of rotatable bonds is 3. The van der Waals surface area contributed by atoms with Crippen LogP contribution in [-0.2, 0) is 11.2 Å². The van der Waals surface area contributed by atoms with E-state index >= 15 is 0 Å². The van der Waals surface area contributed by atoms with E-state index in [1.54, 1.807) is 0 Å². The van der Waals surface area contributed by atoms with Gasteiger partial charge in [0.2, 0.25) is 0 Å². The van der Waals surface area contributed by atoms with Crippen LogP contribution in [0.2, 0.25) is 0 Å². The highest BCUT2D eigenvalue weighted by Crippen LogP contribution is 2.36. The van der Waals surface area contributed by atoms with Gasteiger partial charge in [0.05, 0.1) is 5.60 Å². The highest BCUT2D eigenvalue weighted by atomic mass is 16.5. The van der Waals surface area contributed by atoms with Gasteiger partial charge in [-0.05, 0) is 44.9 Å². The number of para-hydroxylation sites is 1. The van der Waals surface area contributed by atoms with E-state index in [9.17, 15) is 0 Å². The standard InChI is InChI=1S/C18H26N2O/c1-12(2)17-20(5)16(18(3,4)21-17)10-13-11-19-15-9-7-6-8-14(13)15/h6-9,11-12,16-17,19H,10H2,1-5H3/t16-,17-/m0/s1. The van der Waals surface area contributed by atoms with E-state index in [-0.39, 0.29) is 11.8 Å². The molecule has 0 radical (unpaired) electrons. The van der Waals surface area contributed by atoms with Crippen LogP contribution in [0.4, 0.5) is 0 Å². The Labute approximate surface area is 127 Å².